The molecule has 2 saturated carbocycles. The van der Waals surface area contributed by atoms with Gasteiger partial charge in [0.2, 0.25) is 0 Å². The molecule has 1 unspecified atom stereocenters. The molecule has 0 aromatic carbocycles. The number of rotatable bonds is 3. The van der Waals surface area contributed by atoms with Gasteiger partial charge >= 0.3 is 15.6 Å². The molecule has 0 aromatic heterocycles. The number of ketones is 1. The second-order valence-corrected chi connectivity index (χ2v) is 11.1. The van der Waals surface area contributed by atoms with Gasteiger partial charge in [-0.15, -0.1) is 0 Å². The van der Waals surface area contributed by atoms with Crippen LogP contribution in [0.3, 0.4) is 0 Å². The Bertz CT molecular complexity index is 975. The Morgan fingerprint density at radius 2 is 1.87 bits per heavy atom. The van der Waals surface area contributed by atoms with Gasteiger partial charge in [-0.05, 0) is 74.3 Å². The van der Waals surface area contributed by atoms with E-state index in [4.69, 9.17) is 0 Å². The molecule has 0 aromatic rings. The molecule has 0 heterocycles. The maximum Gasteiger partial charge on any atom is 0.534 e. The lowest BCUT2D eigenvalue weighted by Gasteiger charge is -2.57. The third-order valence-corrected chi connectivity index (χ3v) is 9.04. The van der Waals surface area contributed by atoms with E-state index in [1.165, 1.54) is 11.6 Å². The van der Waals surface area contributed by atoms with Gasteiger partial charge in [0.05, 0.1) is 0 Å². The van der Waals surface area contributed by atoms with E-state index < -0.39 is 21.0 Å². The van der Waals surface area contributed by atoms with E-state index in [1.807, 2.05) is 6.08 Å². The van der Waals surface area contributed by atoms with Crippen molar-refractivity contribution in [2.24, 2.45) is 28.6 Å². The average Bonchev–Trinajstić information content (AvgIpc) is 2.97. The van der Waals surface area contributed by atoms with Crippen molar-refractivity contribution in [2.75, 3.05) is 0 Å². The molecule has 5 atom stereocenters. The Morgan fingerprint density at radius 3 is 2.50 bits per heavy atom. The van der Waals surface area contributed by atoms with Crippen LogP contribution < -0.4 is 0 Å². The van der Waals surface area contributed by atoms with E-state index in [-0.39, 0.29) is 34.7 Å². The monoisotopic (exact) mass is 444 g/mol. The third-order valence-electron chi connectivity index (χ3n) is 8.07. The number of halogens is 3. The molecule has 4 aliphatic rings. The van der Waals surface area contributed by atoms with E-state index in [9.17, 15) is 26.4 Å². The lowest BCUT2D eigenvalue weighted by molar-refractivity contribution is -0.116. The van der Waals surface area contributed by atoms with E-state index >= 15 is 0 Å². The second kappa shape index (κ2) is 6.71. The summed E-state index contributed by atoms with van der Waals surface area (Å²) in [5.74, 6) is 0.704. The lowest BCUT2D eigenvalue weighted by Crippen LogP contribution is -2.49. The van der Waals surface area contributed by atoms with Gasteiger partial charge in [-0.25, -0.2) is 0 Å². The summed E-state index contributed by atoms with van der Waals surface area (Å²) in [5, 5.41) is 0. The van der Waals surface area contributed by atoms with Gasteiger partial charge in [-0.2, -0.15) is 21.6 Å². The average molecular weight is 445 g/mol. The third kappa shape index (κ3) is 3.00. The van der Waals surface area contributed by atoms with E-state index in [1.54, 1.807) is 13.0 Å². The smallest absolute Gasteiger partial charge is 0.380 e. The number of fused-ring (bicyclic) bond motifs is 5. The Balaban J connectivity index is 1.67. The minimum Gasteiger partial charge on any atom is -0.380 e. The van der Waals surface area contributed by atoms with Gasteiger partial charge in [-0.1, -0.05) is 31.1 Å². The lowest BCUT2D eigenvalue weighted by atomic mass is 9.47. The highest BCUT2D eigenvalue weighted by atomic mass is 32.2. The number of hydrogen-bond donors (Lipinski definition) is 0. The first-order chi connectivity index (χ1) is 13.8. The molecular weight excluding hydrogens is 417 g/mol. The van der Waals surface area contributed by atoms with E-state index in [0.717, 1.165) is 31.3 Å². The molecule has 0 radical (unpaired) electrons. The molecule has 8 heteroatoms. The van der Waals surface area contributed by atoms with Crippen molar-refractivity contribution in [1.82, 2.24) is 0 Å². The molecule has 4 nitrogen and oxygen atoms in total. The zero-order valence-electron chi connectivity index (χ0n) is 17.4. The fraction of sp³-hybridized carbons (Fsp3) is 0.682. The van der Waals surface area contributed by atoms with E-state index in [2.05, 4.69) is 18.0 Å². The summed E-state index contributed by atoms with van der Waals surface area (Å²) in [6.45, 7) is 6.11. The highest BCUT2D eigenvalue weighted by molar-refractivity contribution is 7.87. The van der Waals surface area contributed by atoms with Crippen LogP contribution in [0, 0.1) is 28.6 Å². The Morgan fingerprint density at radius 1 is 1.17 bits per heavy atom. The van der Waals surface area contributed by atoms with Crippen molar-refractivity contribution in [3.63, 3.8) is 0 Å². The molecule has 4 aliphatic carbocycles. The minimum absolute atomic E-state index is 0.110. The summed E-state index contributed by atoms with van der Waals surface area (Å²) in [4.78, 5) is 12.1. The first kappa shape index (κ1) is 21.7. The van der Waals surface area contributed by atoms with Crippen molar-refractivity contribution >= 4 is 15.9 Å². The summed E-state index contributed by atoms with van der Waals surface area (Å²) in [6, 6.07) is 0. The van der Waals surface area contributed by atoms with Crippen molar-refractivity contribution in [3.8, 4) is 0 Å². The zero-order chi connectivity index (χ0) is 22.1. The number of allylic oxidation sites excluding steroid dienone is 5. The van der Waals surface area contributed by atoms with Gasteiger partial charge in [0.15, 0.2) is 5.78 Å². The predicted octanol–water partition coefficient (Wildman–Crippen LogP) is 5.43. The molecule has 166 valence electrons. The molecule has 0 aliphatic heterocycles. The Kier molecular flexibility index (Phi) is 4.84. The van der Waals surface area contributed by atoms with Crippen molar-refractivity contribution in [1.29, 1.82) is 0 Å². The normalized spacial score (nSPS) is 38.7. The summed E-state index contributed by atoms with van der Waals surface area (Å²) >= 11 is 0. The topological polar surface area (TPSA) is 60.4 Å². The molecule has 2 fully saturated rings. The fourth-order valence-electron chi connectivity index (χ4n) is 6.42. The van der Waals surface area contributed by atoms with Crippen molar-refractivity contribution in [2.45, 2.75) is 64.8 Å². The van der Waals surface area contributed by atoms with Crippen molar-refractivity contribution in [3.05, 3.63) is 35.1 Å². The van der Waals surface area contributed by atoms with Crippen molar-refractivity contribution < 1.29 is 30.6 Å². The Labute approximate surface area is 175 Å². The highest BCUT2D eigenvalue weighted by Crippen LogP contribution is 2.65. The second-order valence-electron chi connectivity index (χ2n) is 9.54. The number of alkyl halides is 3. The standard InChI is InChI=1S/C22H27F3O4S/c1-4-13-11-15-16-5-6-19(29-30(27,28)22(23,24)25)21(16,3)10-8-17(15)20(2)9-7-14(26)12-18(13)20/h5-6,12-13,15,17H,4,7-11H2,1-3H3/t13?,15-,17-,20+,21-/m0/s1. The van der Waals surface area contributed by atoms with Crippen LogP contribution >= 0.6 is 0 Å². The van der Waals surface area contributed by atoms with Crippen LogP contribution in [0.4, 0.5) is 13.2 Å². The van der Waals surface area contributed by atoms with Crippen LogP contribution in [0.25, 0.3) is 0 Å². The predicted molar refractivity (Wildman–Crippen MR) is 105 cm³/mol. The van der Waals surface area contributed by atoms with Crippen LogP contribution in [0.1, 0.15) is 59.3 Å². The highest BCUT2D eigenvalue weighted by Gasteiger charge is 2.58. The zero-order valence-corrected chi connectivity index (χ0v) is 18.2. The maximum atomic E-state index is 12.9. The number of carbonyl (C=O) groups excluding carboxylic acids is 1. The van der Waals surface area contributed by atoms with Gasteiger partial charge in [0, 0.05) is 11.8 Å². The Hall–Kier alpha value is -1.57. The van der Waals surface area contributed by atoms with Gasteiger partial charge in [0.25, 0.3) is 0 Å². The molecule has 0 N–H and O–H groups in total. The number of carbonyl (C=O) groups is 1. The quantitative estimate of drug-likeness (QED) is 0.430. The first-order valence-corrected chi connectivity index (χ1v) is 11.9. The fourth-order valence-corrected chi connectivity index (χ4v) is 6.99. The SMILES string of the molecule is CCC1C[C@H]2C3=CC=C(OS(=O)(=O)C(F)(F)F)[C@@]3(C)CC[C@@H]2[C@@]2(C)CCC(=O)C=C12. The molecule has 4 rings (SSSR count). The van der Waals surface area contributed by atoms with Crippen LogP contribution in [0.2, 0.25) is 0 Å². The van der Waals surface area contributed by atoms with Gasteiger partial charge < -0.3 is 4.18 Å². The van der Waals surface area contributed by atoms with E-state index in [0.29, 0.717) is 12.8 Å². The van der Waals surface area contributed by atoms with Crippen LogP contribution in [0.15, 0.2) is 35.1 Å². The molecular formula is C22H27F3O4S. The van der Waals surface area contributed by atoms with Crippen LogP contribution in [-0.2, 0) is 19.1 Å². The molecule has 0 bridgehead atoms. The maximum absolute atomic E-state index is 12.9. The summed E-state index contributed by atoms with van der Waals surface area (Å²) in [6.07, 6.45) is 9.32. The molecule has 0 saturated heterocycles. The largest absolute Gasteiger partial charge is 0.534 e. The summed E-state index contributed by atoms with van der Waals surface area (Å²) in [5.41, 5.74) is -4.21. The molecule has 0 amide bonds. The van der Waals surface area contributed by atoms with Crippen LogP contribution in [0.5, 0.6) is 0 Å². The summed E-state index contributed by atoms with van der Waals surface area (Å²) < 4.78 is 66.5. The van der Waals surface area contributed by atoms with Gasteiger partial charge in [0.1, 0.15) is 5.76 Å². The molecule has 0 spiro atoms. The first-order valence-electron chi connectivity index (χ1n) is 10.5. The summed E-state index contributed by atoms with van der Waals surface area (Å²) in [7, 11) is -5.70. The molecule has 30 heavy (non-hydrogen) atoms. The number of hydrogen-bond acceptors (Lipinski definition) is 4. The minimum atomic E-state index is -5.70. The van der Waals surface area contributed by atoms with Gasteiger partial charge in [-0.3, -0.25) is 4.79 Å². The van der Waals surface area contributed by atoms with Crippen LogP contribution in [-0.4, -0.2) is 19.7 Å².